The van der Waals surface area contributed by atoms with Gasteiger partial charge >= 0.3 is 149 Å². The fraction of sp³-hybridized carbons (Fsp3) is 1.00. The Morgan fingerprint density at radius 1 is 0.524 bits per heavy atom. The van der Waals surface area contributed by atoms with Crippen molar-refractivity contribution >= 4 is 54.6 Å². The molecule has 0 amide bonds. The van der Waals surface area contributed by atoms with Crippen LogP contribution in [0.1, 0.15) is 0 Å². The summed E-state index contributed by atoms with van der Waals surface area (Å²) in [6.45, 7) is 29.3. The number of hydrogen-bond acceptors (Lipinski definition) is 4. The van der Waals surface area contributed by atoms with E-state index >= 15 is 0 Å². The van der Waals surface area contributed by atoms with Crippen molar-refractivity contribution in [1.29, 1.82) is 0 Å². The first-order valence-corrected chi connectivity index (χ1v) is 24.3. The molecular formula is C12H38N4Si4Sn. The second-order valence-electron chi connectivity index (χ2n) is 9.84. The molecule has 0 aliphatic carbocycles. The molecule has 0 saturated carbocycles. The first-order valence-electron chi connectivity index (χ1n) is 7.84. The van der Waals surface area contributed by atoms with Crippen LogP contribution in [0, 0.1) is 0 Å². The van der Waals surface area contributed by atoms with Crippen molar-refractivity contribution in [1.82, 2.24) is 16.0 Å². The van der Waals surface area contributed by atoms with Crippen molar-refractivity contribution in [3.63, 3.8) is 0 Å². The summed E-state index contributed by atoms with van der Waals surface area (Å²) in [4.78, 5) is 0. The van der Waals surface area contributed by atoms with Gasteiger partial charge in [0.05, 0.1) is 0 Å². The third-order valence-electron chi connectivity index (χ3n) is 2.44. The van der Waals surface area contributed by atoms with Gasteiger partial charge in [-0.05, 0) is 0 Å². The van der Waals surface area contributed by atoms with Crippen molar-refractivity contribution in [3.8, 4) is 0 Å². The predicted octanol–water partition coefficient (Wildman–Crippen LogP) is 3.47. The maximum absolute atomic E-state index is 3.95. The first kappa shape index (κ1) is 22.5. The van der Waals surface area contributed by atoms with Gasteiger partial charge in [0.25, 0.3) is 0 Å². The molecule has 0 unspecified atom stereocenters. The summed E-state index contributed by atoms with van der Waals surface area (Å²) in [7, 11) is -5.23. The van der Waals surface area contributed by atoms with Crippen LogP contribution >= 0.6 is 0 Å². The molecule has 0 aliphatic rings. The van der Waals surface area contributed by atoms with E-state index in [1.165, 1.54) is 0 Å². The molecule has 0 heterocycles. The second kappa shape index (κ2) is 7.60. The fourth-order valence-electron chi connectivity index (χ4n) is 1.46. The maximum atomic E-state index is 3.95. The molecule has 0 aliphatic heterocycles. The molecule has 0 bridgehead atoms. The minimum absolute atomic E-state index is 0.825. The normalized spacial score (nSPS) is 15.1. The summed E-state index contributed by atoms with van der Waals surface area (Å²) in [5.41, 5.74) is 0. The van der Waals surface area contributed by atoms with Crippen molar-refractivity contribution in [3.05, 3.63) is 0 Å². The van der Waals surface area contributed by atoms with Gasteiger partial charge in [-0.3, -0.25) is 0 Å². The van der Waals surface area contributed by atoms with Gasteiger partial charge in [0, 0.05) is 0 Å². The monoisotopic (exact) mass is 470 g/mol. The van der Waals surface area contributed by atoms with Crippen molar-refractivity contribution in [2.45, 2.75) is 78.6 Å². The van der Waals surface area contributed by atoms with Gasteiger partial charge in [0.1, 0.15) is 0 Å². The van der Waals surface area contributed by atoms with Crippen LogP contribution in [0.3, 0.4) is 0 Å². The van der Waals surface area contributed by atoms with E-state index in [-0.39, 0.29) is 0 Å². The molecule has 2 N–H and O–H groups in total. The quantitative estimate of drug-likeness (QED) is 0.421. The van der Waals surface area contributed by atoms with Gasteiger partial charge < -0.3 is 0 Å². The van der Waals surface area contributed by atoms with E-state index in [4.69, 9.17) is 0 Å². The number of hydrazine groups is 2. The summed E-state index contributed by atoms with van der Waals surface area (Å²) in [5.74, 6) is 0. The molecule has 4 nitrogen and oxygen atoms in total. The van der Waals surface area contributed by atoms with Gasteiger partial charge in [-0.25, -0.2) is 0 Å². The van der Waals surface area contributed by atoms with E-state index in [0.717, 1.165) is 0 Å². The summed E-state index contributed by atoms with van der Waals surface area (Å²) in [6.07, 6.45) is 0. The van der Waals surface area contributed by atoms with E-state index in [9.17, 15) is 0 Å². The summed E-state index contributed by atoms with van der Waals surface area (Å²) < 4.78 is 5.49. The molecule has 0 aromatic heterocycles. The summed E-state index contributed by atoms with van der Waals surface area (Å²) >= 11 is -0.825. The fourth-order valence-corrected chi connectivity index (χ4v) is 22.5. The average molecular weight is 470 g/mol. The van der Waals surface area contributed by atoms with Crippen LogP contribution in [0.2, 0.25) is 78.6 Å². The van der Waals surface area contributed by atoms with E-state index in [1.807, 2.05) is 0 Å². The van der Waals surface area contributed by atoms with E-state index in [2.05, 4.69) is 94.5 Å². The third-order valence-corrected chi connectivity index (χ3v) is 23.5. The van der Waals surface area contributed by atoms with Gasteiger partial charge in [0.15, 0.2) is 0 Å². The van der Waals surface area contributed by atoms with Crippen molar-refractivity contribution < 1.29 is 0 Å². The Bertz CT molecular complexity index is 296. The second-order valence-corrected chi connectivity index (χ2v) is 34.5. The van der Waals surface area contributed by atoms with Gasteiger partial charge in [0.2, 0.25) is 0 Å². The Labute approximate surface area is 148 Å². The number of rotatable bonds is 8. The molecule has 0 aromatic carbocycles. The molecule has 0 fully saturated rings. The Hall–Kier alpha value is 1.51. The standard InChI is InChI=1S/2C6H19N2Si2.Sn/c2*1-9(2,3)7-8-10(4,5)6;/h2*7H,1-6H3;/q2*-1;+2. The number of nitrogens with zero attached hydrogens (tertiary/aromatic N) is 2. The van der Waals surface area contributed by atoms with Crippen molar-refractivity contribution in [2.24, 2.45) is 0 Å². The van der Waals surface area contributed by atoms with Gasteiger partial charge in [-0.1, -0.05) is 0 Å². The van der Waals surface area contributed by atoms with Crippen LogP contribution in [-0.2, 0) is 0 Å². The molecule has 9 heteroatoms. The molecule has 126 valence electrons. The Balaban J connectivity index is 5.23. The molecule has 0 rings (SSSR count). The zero-order valence-corrected chi connectivity index (χ0v) is 23.2. The topological polar surface area (TPSA) is 30.5 Å². The van der Waals surface area contributed by atoms with Gasteiger partial charge in [-0.2, -0.15) is 0 Å². The van der Waals surface area contributed by atoms with Crippen LogP contribution < -0.4 is 10.2 Å². The van der Waals surface area contributed by atoms with E-state index < -0.39 is 54.6 Å². The van der Waals surface area contributed by atoms with Crippen LogP contribution in [0.4, 0.5) is 0 Å². The molecule has 21 heavy (non-hydrogen) atoms. The van der Waals surface area contributed by atoms with Crippen LogP contribution in [0.15, 0.2) is 0 Å². The Kier molecular flexibility index (Phi) is 8.14. The zero-order chi connectivity index (χ0) is 17.3. The van der Waals surface area contributed by atoms with Gasteiger partial charge in [-0.15, -0.1) is 0 Å². The molecule has 0 atom stereocenters. The van der Waals surface area contributed by atoms with Crippen LogP contribution in [0.25, 0.3) is 0 Å². The number of nitrogens with one attached hydrogen (secondary N) is 2. The van der Waals surface area contributed by atoms with Crippen molar-refractivity contribution in [2.75, 3.05) is 0 Å². The molecular weight excluding hydrogens is 431 g/mol. The zero-order valence-electron chi connectivity index (χ0n) is 16.4. The predicted molar refractivity (Wildman–Crippen MR) is 109 cm³/mol. The summed E-state index contributed by atoms with van der Waals surface area (Å²) in [5, 5.41) is 7.90. The molecule has 0 spiro atoms. The third kappa shape index (κ3) is 10.8. The minimum atomic E-state index is -1.32. The molecule has 0 saturated heterocycles. The average Bonchev–Trinajstić information content (AvgIpc) is 2.07. The molecule has 2 radical (unpaired) electrons. The Morgan fingerprint density at radius 2 is 0.762 bits per heavy atom. The Morgan fingerprint density at radius 3 is 0.905 bits per heavy atom. The molecule has 0 aromatic rings. The SMILES string of the molecule is C[Si](C)(C)N[N]([Sn][N](N[Si](C)(C)C)[Si](C)(C)C)[Si](C)(C)C. The first-order chi connectivity index (χ1) is 8.92. The van der Waals surface area contributed by atoms with Crippen LogP contribution in [-0.4, -0.2) is 60.4 Å². The number of hydrogen-bond donors (Lipinski definition) is 2. The van der Waals surface area contributed by atoms with Crippen LogP contribution in [0.5, 0.6) is 0 Å². The van der Waals surface area contributed by atoms with E-state index in [1.54, 1.807) is 0 Å². The summed E-state index contributed by atoms with van der Waals surface area (Å²) in [6, 6.07) is 0. The van der Waals surface area contributed by atoms with E-state index in [0.29, 0.717) is 0 Å².